The summed E-state index contributed by atoms with van der Waals surface area (Å²) in [6.45, 7) is 14.4. The fourth-order valence-corrected chi connectivity index (χ4v) is 2.66. The normalized spacial score (nSPS) is 18.5. The Morgan fingerprint density at radius 1 is 1.24 bits per heavy atom. The minimum Gasteiger partial charge on any atom is -0.313 e. The van der Waals surface area contributed by atoms with Crippen LogP contribution in [0.1, 0.15) is 46.0 Å². The van der Waals surface area contributed by atoms with Gasteiger partial charge < -0.3 is 5.32 Å². The fraction of sp³-hybridized carbons (Fsp3) is 0.867. The lowest BCUT2D eigenvalue weighted by atomic mass is 9.92. The summed E-state index contributed by atoms with van der Waals surface area (Å²) in [7, 11) is 0. The Hall–Kier alpha value is -0.340. The molecule has 0 saturated carbocycles. The summed E-state index contributed by atoms with van der Waals surface area (Å²) in [5, 5.41) is 3.43. The first-order valence-corrected chi connectivity index (χ1v) is 7.36. The first-order chi connectivity index (χ1) is 8.26. The molecular weight excluding hydrogens is 208 g/mol. The maximum absolute atomic E-state index is 4.17. The Bertz CT molecular complexity index is 205. The van der Waals surface area contributed by atoms with Crippen molar-refractivity contribution in [3.05, 3.63) is 12.2 Å². The van der Waals surface area contributed by atoms with Crippen molar-refractivity contribution >= 4 is 0 Å². The van der Waals surface area contributed by atoms with Gasteiger partial charge in [-0.1, -0.05) is 33.3 Å². The summed E-state index contributed by atoms with van der Waals surface area (Å²) in [6.07, 6.45) is 6.76. The van der Waals surface area contributed by atoms with E-state index in [2.05, 4.69) is 30.6 Å². The van der Waals surface area contributed by atoms with Gasteiger partial charge >= 0.3 is 0 Å². The van der Waals surface area contributed by atoms with Crippen LogP contribution in [0.5, 0.6) is 0 Å². The second-order valence-electron chi connectivity index (χ2n) is 5.43. The smallest absolute Gasteiger partial charge is 0.0202 e. The van der Waals surface area contributed by atoms with Crippen molar-refractivity contribution in [2.24, 2.45) is 5.92 Å². The molecule has 1 aliphatic heterocycles. The number of likely N-dealkylation sites (tertiary alicyclic amines) is 1. The number of piperidine rings is 1. The Labute approximate surface area is 107 Å². The second kappa shape index (κ2) is 8.71. The molecule has 0 aromatic heterocycles. The van der Waals surface area contributed by atoms with Crippen LogP contribution < -0.4 is 5.32 Å². The van der Waals surface area contributed by atoms with Crippen molar-refractivity contribution in [1.82, 2.24) is 10.2 Å². The van der Waals surface area contributed by atoms with E-state index in [-0.39, 0.29) is 0 Å². The first-order valence-electron chi connectivity index (χ1n) is 7.36. The van der Waals surface area contributed by atoms with Crippen LogP contribution in [-0.2, 0) is 0 Å². The zero-order valence-electron chi connectivity index (χ0n) is 11.8. The maximum atomic E-state index is 4.17. The van der Waals surface area contributed by atoms with E-state index in [4.69, 9.17) is 0 Å². The summed E-state index contributed by atoms with van der Waals surface area (Å²) in [5.74, 6) is 0.989. The first kappa shape index (κ1) is 14.7. The maximum Gasteiger partial charge on any atom is 0.0202 e. The molecule has 0 spiro atoms. The largest absolute Gasteiger partial charge is 0.313 e. The van der Waals surface area contributed by atoms with Gasteiger partial charge in [0.2, 0.25) is 0 Å². The monoisotopic (exact) mass is 238 g/mol. The van der Waals surface area contributed by atoms with Crippen LogP contribution in [0.3, 0.4) is 0 Å². The molecule has 2 nitrogen and oxygen atoms in total. The molecule has 100 valence electrons. The highest BCUT2D eigenvalue weighted by Gasteiger charge is 2.18. The Morgan fingerprint density at radius 3 is 2.53 bits per heavy atom. The quantitative estimate of drug-likeness (QED) is 0.516. The zero-order chi connectivity index (χ0) is 12.5. The van der Waals surface area contributed by atoms with Gasteiger partial charge in [0.1, 0.15) is 0 Å². The third-order valence-corrected chi connectivity index (χ3v) is 3.65. The van der Waals surface area contributed by atoms with E-state index >= 15 is 0 Å². The van der Waals surface area contributed by atoms with Crippen molar-refractivity contribution in [3.63, 3.8) is 0 Å². The molecule has 0 atom stereocenters. The fourth-order valence-electron chi connectivity index (χ4n) is 2.66. The number of rotatable bonds is 8. The van der Waals surface area contributed by atoms with Gasteiger partial charge in [-0.05, 0) is 50.4 Å². The van der Waals surface area contributed by atoms with Crippen molar-refractivity contribution in [2.45, 2.75) is 46.0 Å². The average molecular weight is 238 g/mol. The van der Waals surface area contributed by atoms with Gasteiger partial charge in [0.25, 0.3) is 0 Å². The van der Waals surface area contributed by atoms with E-state index < -0.39 is 0 Å². The van der Waals surface area contributed by atoms with E-state index in [1.807, 2.05) is 0 Å². The third kappa shape index (κ3) is 6.23. The van der Waals surface area contributed by atoms with Crippen LogP contribution in [0, 0.1) is 5.92 Å². The van der Waals surface area contributed by atoms with Gasteiger partial charge in [-0.25, -0.2) is 0 Å². The summed E-state index contributed by atoms with van der Waals surface area (Å²) in [6, 6.07) is 0. The van der Waals surface area contributed by atoms with Crippen molar-refractivity contribution < 1.29 is 0 Å². The molecule has 0 aliphatic carbocycles. The van der Waals surface area contributed by atoms with E-state index in [9.17, 15) is 0 Å². The minimum absolute atomic E-state index is 0.989. The number of hydrogen-bond acceptors (Lipinski definition) is 2. The zero-order valence-corrected chi connectivity index (χ0v) is 11.8. The lowest BCUT2D eigenvalue weighted by Crippen LogP contribution is -2.36. The van der Waals surface area contributed by atoms with Crippen LogP contribution in [0.2, 0.25) is 0 Å². The van der Waals surface area contributed by atoms with Gasteiger partial charge in [-0.3, -0.25) is 4.90 Å². The molecule has 0 bridgehead atoms. The van der Waals surface area contributed by atoms with E-state index in [1.54, 1.807) is 0 Å². The second-order valence-corrected chi connectivity index (χ2v) is 5.43. The highest BCUT2D eigenvalue weighted by atomic mass is 15.1. The van der Waals surface area contributed by atoms with E-state index in [1.165, 1.54) is 50.8 Å². The van der Waals surface area contributed by atoms with E-state index in [0.717, 1.165) is 25.6 Å². The summed E-state index contributed by atoms with van der Waals surface area (Å²) < 4.78 is 0. The van der Waals surface area contributed by atoms with Gasteiger partial charge in [0.15, 0.2) is 0 Å². The molecule has 1 N–H and O–H groups in total. The molecule has 1 aliphatic rings. The molecular formula is C15H30N2. The van der Waals surface area contributed by atoms with Gasteiger partial charge in [-0.15, -0.1) is 0 Å². The summed E-state index contributed by atoms with van der Waals surface area (Å²) >= 11 is 0. The van der Waals surface area contributed by atoms with Crippen LogP contribution >= 0.6 is 0 Å². The molecule has 1 heterocycles. The predicted octanol–water partition coefficient (Wildman–Crippen LogP) is 3.05. The number of nitrogens with zero attached hydrogens (tertiary/aromatic N) is 1. The molecule has 0 aromatic carbocycles. The highest BCUT2D eigenvalue weighted by Crippen LogP contribution is 2.21. The molecule has 0 unspecified atom stereocenters. The Kier molecular flexibility index (Phi) is 7.54. The standard InChI is InChI=1S/C15H30N2/c1-4-6-15-7-10-17(11-8-15)13-14(3)12-16-9-5-2/h15-16H,3-13H2,1-2H3. The highest BCUT2D eigenvalue weighted by molar-refractivity contribution is 5.00. The van der Waals surface area contributed by atoms with Crippen molar-refractivity contribution in [1.29, 1.82) is 0 Å². The number of hydrogen-bond donors (Lipinski definition) is 1. The number of nitrogens with one attached hydrogen (secondary N) is 1. The van der Waals surface area contributed by atoms with Crippen molar-refractivity contribution in [2.75, 3.05) is 32.7 Å². The average Bonchev–Trinajstić information content (AvgIpc) is 2.32. The Morgan fingerprint density at radius 2 is 1.94 bits per heavy atom. The van der Waals surface area contributed by atoms with Crippen LogP contribution in [0.4, 0.5) is 0 Å². The Balaban J connectivity index is 2.10. The van der Waals surface area contributed by atoms with Gasteiger partial charge in [0.05, 0.1) is 0 Å². The lowest BCUT2D eigenvalue weighted by molar-refractivity contribution is 0.190. The lowest BCUT2D eigenvalue weighted by Gasteiger charge is -2.32. The molecule has 0 aromatic rings. The molecule has 0 amide bonds. The SMILES string of the molecule is C=C(CNCCC)CN1CCC(CCC)CC1. The summed E-state index contributed by atoms with van der Waals surface area (Å²) in [5.41, 5.74) is 1.34. The van der Waals surface area contributed by atoms with Crippen molar-refractivity contribution in [3.8, 4) is 0 Å². The van der Waals surface area contributed by atoms with Crippen LogP contribution in [-0.4, -0.2) is 37.6 Å². The molecule has 2 heteroatoms. The molecule has 1 saturated heterocycles. The molecule has 1 rings (SSSR count). The molecule has 17 heavy (non-hydrogen) atoms. The predicted molar refractivity (Wildman–Crippen MR) is 76.4 cm³/mol. The van der Waals surface area contributed by atoms with Crippen LogP contribution in [0.25, 0.3) is 0 Å². The molecule has 0 radical (unpaired) electrons. The minimum atomic E-state index is 0.989. The molecule has 1 fully saturated rings. The van der Waals surface area contributed by atoms with E-state index in [0.29, 0.717) is 0 Å². The summed E-state index contributed by atoms with van der Waals surface area (Å²) in [4.78, 5) is 2.57. The van der Waals surface area contributed by atoms with Crippen LogP contribution in [0.15, 0.2) is 12.2 Å². The van der Waals surface area contributed by atoms with Gasteiger partial charge in [0, 0.05) is 13.1 Å². The topological polar surface area (TPSA) is 15.3 Å². The third-order valence-electron chi connectivity index (χ3n) is 3.65. The van der Waals surface area contributed by atoms with Gasteiger partial charge in [-0.2, -0.15) is 0 Å².